The molecular weight excluding hydrogens is 511 g/mol. The van der Waals surface area contributed by atoms with Gasteiger partial charge in [0, 0.05) is 27.2 Å². The Balaban J connectivity index is 0.000000220. The lowest BCUT2D eigenvalue weighted by Crippen LogP contribution is -2.27. The van der Waals surface area contributed by atoms with Gasteiger partial charge in [0.2, 0.25) is 0 Å². The molecule has 4 aromatic carbocycles. The minimum Gasteiger partial charge on any atom is -0.492 e. The van der Waals surface area contributed by atoms with Crippen LogP contribution in [-0.2, 0) is 4.74 Å². The first-order chi connectivity index (χ1) is 17.7. The molecule has 0 aliphatic heterocycles. The van der Waals surface area contributed by atoms with E-state index in [1.54, 1.807) is 6.07 Å². The summed E-state index contributed by atoms with van der Waals surface area (Å²) in [6.45, 7) is 6.43. The summed E-state index contributed by atoms with van der Waals surface area (Å²) in [5, 5.41) is 6.64. The normalized spacial score (nSPS) is 10.9. The van der Waals surface area contributed by atoms with Gasteiger partial charge in [-0.15, -0.1) is 23.2 Å². The van der Waals surface area contributed by atoms with Crippen molar-refractivity contribution in [2.24, 2.45) is 0 Å². The van der Waals surface area contributed by atoms with E-state index in [2.05, 4.69) is 5.32 Å². The summed E-state index contributed by atoms with van der Waals surface area (Å²) >= 11 is 11.2. The van der Waals surface area contributed by atoms with Crippen LogP contribution in [0.15, 0.2) is 72.8 Å². The third-order valence-corrected chi connectivity index (χ3v) is 5.42. The second-order valence-electron chi connectivity index (χ2n) is 9.06. The molecule has 6 nitrogen and oxygen atoms in total. The van der Waals surface area contributed by atoms with E-state index < -0.39 is 11.7 Å². The number of carbonyl (C=O) groups is 1. The van der Waals surface area contributed by atoms with Crippen LogP contribution in [0.4, 0.5) is 16.2 Å². The van der Waals surface area contributed by atoms with Crippen molar-refractivity contribution in [3.8, 4) is 11.5 Å². The molecule has 0 saturated heterocycles. The standard InChI is InChI=1S/C17H20ClNO3.C12H12ClNO/c1-17(2,3)22-16(20)19-14-8-9-15(21-11-10-18)13-7-5-4-6-12(13)14;13-7-8-15-12-6-5-11(14)9-3-1-2-4-10(9)12/h4-9H,10-11H2,1-3H3,(H,19,20);1-6H,7-8,14H2. The summed E-state index contributed by atoms with van der Waals surface area (Å²) in [5.74, 6) is 2.48. The van der Waals surface area contributed by atoms with Gasteiger partial charge >= 0.3 is 6.09 Å². The number of ether oxygens (including phenoxy) is 3. The summed E-state index contributed by atoms with van der Waals surface area (Å²) in [4.78, 5) is 11.9. The van der Waals surface area contributed by atoms with E-state index in [9.17, 15) is 4.79 Å². The van der Waals surface area contributed by atoms with Gasteiger partial charge in [-0.2, -0.15) is 0 Å². The first-order valence-corrected chi connectivity index (χ1v) is 13.0. The van der Waals surface area contributed by atoms with Crippen molar-refractivity contribution in [3.05, 3.63) is 72.8 Å². The van der Waals surface area contributed by atoms with Crippen LogP contribution in [0.3, 0.4) is 0 Å². The van der Waals surface area contributed by atoms with E-state index in [0.717, 1.165) is 38.7 Å². The molecule has 3 N–H and O–H groups in total. The zero-order chi connectivity index (χ0) is 26.8. The van der Waals surface area contributed by atoms with Gasteiger partial charge in [0.05, 0.1) is 17.4 Å². The lowest BCUT2D eigenvalue weighted by molar-refractivity contribution is 0.0636. The molecule has 196 valence electrons. The number of alkyl halides is 2. The number of hydrogen-bond acceptors (Lipinski definition) is 5. The molecule has 0 unspecified atom stereocenters. The predicted molar refractivity (Wildman–Crippen MR) is 155 cm³/mol. The number of nitrogens with two attached hydrogens (primary N) is 1. The van der Waals surface area contributed by atoms with Crippen LogP contribution in [0.5, 0.6) is 11.5 Å². The van der Waals surface area contributed by atoms with Crippen LogP contribution in [0, 0.1) is 0 Å². The Morgan fingerprint density at radius 1 is 0.757 bits per heavy atom. The molecule has 0 aliphatic carbocycles. The zero-order valence-corrected chi connectivity index (χ0v) is 22.7. The molecule has 0 atom stereocenters. The molecule has 37 heavy (non-hydrogen) atoms. The number of amides is 1. The van der Waals surface area contributed by atoms with Crippen LogP contribution in [0.1, 0.15) is 20.8 Å². The van der Waals surface area contributed by atoms with Crippen LogP contribution in [-0.4, -0.2) is 36.7 Å². The highest BCUT2D eigenvalue weighted by molar-refractivity contribution is 6.18. The lowest BCUT2D eigenvalue weighted by Gasteiger charge is -2.20. The number of carbonyl (C=O) groups excluding carboxylic acids is 1. The molecule has 0 saturated carbocycles. The summed E-state index contributed by atoms with van der Waals surface area (Å²) < 4.78 is 16.5. The van der Waals surface area contributed by atoms with E-state index in [-0.39, 0.29) is 0 Å². The third kappa shape index (κ3) is 8.07. The van der Waals surface area contributed by atoms with Gasteiger partial charge in [-0.25, -0.2) is 4.79 Å². The second kappa shape index (κ2) is 13.3. The fourth-order valence-corrected chi connectivity index (χ4v) is 3.79. The number of hydrogen-bond donors (Lipinski definition) is 2. The van der Waals surface area contributed by atoms with Gasteiger partial charge in [0.1, 0.15) is 30.3 Å². The molecule has 0 spiro atoms. The maximum absolute atomic E-state index is 11.9. The Hall–Kier alpha value is -3.35. The Morgan fingerprint density at radius 2 is 1.24 bits per heavy atom. The number of benzene rings is 4. The van der Waals surface area contributed by atoms with Crippen LogP contribution in [0.25, 0.3) is 21.5 Å². The Kier molecular flexibility index (Phi) is 10.1. The molecule has 8 heteroatoms. The van der Waals surface area contributed by atoms with Crippen LogP contribution >= 0.6 is 23.2 Å². The van der Waals surface area contributed by atoms with Crippen molar-refractivity contribution in [3.63, 3.8) is 0 Å². The number of nitrogen functional groups attached to an aromatic ring is 1. The molecule has 0 fully saturated rings. The first kappa shape index (κ1) is 28.2. The highest BCUT2D eigenvalue weighted by atomic mass is 35.5. The number of halogens is 2. The van der Waals surface area contributed by atoms with Crippen molar-refractivity contribution >= 4 is 62.2 Å². The van der Waals surface area contributed by atoms with Crippen molar-refractivity contribution in [2.45, 2.75) is 26.4 Å². The summed E-state index contributed by atoms with van der Waals surface area (Å²) in [6.07, 6.45) is -0.480. The van der Waals surface area contributed by atoms with Gasteiger partial charge in [-0.05, 0) is 45.0 Å². The SMILES string of the molecule is CC(C)(C)OC(=O)Nc1ccc(OCCCl)c2ccccc12.Nc1ccc(OCCCl)c2ccccc12. The third-order valence-electron chi connectivity index (χ3n) is 5.11. The van der Waals surface area contributed by atoms with E-state index in [0.29, 0.717) is 30.7 Å². The predicted octanol–water partition coefficient (Wildman–Crippen LogP) is 7.84. The quantitative estimate of drug-likeness (QED) is 0.183. The maximum atomic E-state index is 11.9. The van der Waals surface area contributed by atoms with E-state index in [1.165, 1.54) is 0 Å². The topological polar surface area (TPSA) is 82.8 Å². The fraction of sp³-hybridized carbons (Fsp3) is 0.276. The van der Waals surface area contributed by atoms with Crippen LogP contribution < -0.4 is 20.5 Å². The average molecular weight is 543 g/mol. The number of fused-ring (bicyclic) bond motifs is 2. The number of anilines is 2. The van der Waals surface area contributed by atoms with E-state index >= 15 is 0 Å². The van der Waals surface area contributed by atoms with Crippen LogP contribution in [0.2, 0.25) is 0 Å². The summed E-state index contributed by atoms with van der Waals surface area (Å²) in [5.41, 5.74) is 6.78. The second-order valence-corrected chi connectivity index (χ2v) is 9.81. The highest BCUT2D eigenvalue weighted by Gasteiger charge is 2.17. The largest absolute Gasteiger partial charge is 0.492 e. The van der Waals surface area contributed by atoms with Gasteiger partial charge in [0.15, 0.2) is 0 Å². The Bertz CT molecular complexity index is 1340. The highest BCUT2D eigenvalue weighted by Crippen LogP contribution is 2.32. The number of nitrogens with one attached hydrogen (secondary N) is 1. The molecular formula is C29H32Cl2N2O4. The fourth-order valence-electron chi connectivity index (χ4n) is 3.64. The van der Waals surface area contributed by atoms with Gasteiger partial charge in [-0.3, -0.25) is 5.32 Å². The Morgan fingerprint density at radius 3 is 1.78 bits per heavy atom. The smallest absolute Gasteiger partial charge is 0.412 e. The molecule has 0 bridgehead atoms. The van der Waals surface area contributed by atoms with Gasteiger partial charge in [0.25, 0.3) is 0 Å². The number of rotatable bonds is 7. The average Bonchev–Trinajstić information content (AvgIpc) is 2.87. The van der Waals surface area contributed by atoms with E-state index in [1.807, 2.05) is 87.5 Å². The van der Waals surface area contributed by atoms with Gasteiger partial charge in [-0.1, -0.05) is 48.5 Å². The zero-order valence-electron chi connectivity index (χ0n) is 21.2. The first-order valence-electron chi connectivity index (χ1n) is 11.9. The molecule has 0 aromatic heterocycles. The molecule has 0 aliphatic rings. The van der Waals surface area contributed by atoms with Crippen molar-refractivity contribution in [1.29, 1.82) is 0 Å². The maximum Gasteiger partial charge on any atom is 0.412 e. The summed E-state index contributed by atoms with van der Waals surface area (Å²) in [6, 6.07) is 23.0. The van der Waals surface area contributed by atoms with Gasteiger partial charge < -0.3 is 19.9 Å². The molecule has 4 rings (SSSR count). The van der Waals surface area contributed by atoms with Crippen molar-refractivity contribution in [1.82, 2.24) is 0 Å². The minimum atomic E-state index is -0.538. The Labute approximate surface area is 227 Å². The van der Waals surface area contributed by atoms with E-state index in [4.69, 9.17) is 43.1 Å². The monoisotopic (exact) mass is 542 g/mol. The minimum absolute atomic E-state index is 0.423. The summed E-state index contributed by atoms with van der Waals surface area (Å²) in [7, 11) is 0. The molecule has 0 heterocycles. The van der Waals surface area contributed by atoms with Crippen molar-refractivity contribution < 1.29 is 19.0 Å². The lowest BCUT2D eigenvalue weighted by atomic mass is 10.1. The molecule has 0 radical (unpaired) electrons. The van der Waals surface area contributed by atoms with Crippen molar-refractivity contribution in [2.75, 3.05) is 36.0 Å². The molecule has 1 amide bonds. The molecule has 4 aromatic rings.